The van der Waals surface area contributed by atoms with Crippen molar-refractivity contribution in [2.75, 3.05) is 23.9 Å². The summed E-state index contributed by atoms with van der Waals surface area (Å²) >= 11 is 0. The number of anilines is 1. The van der Waals surface area contributed by atoms with Gasteiger partial charge in [-0.25, -0.2) is 8.42 Å². The summed E-state index contributed by atoms with van der Waals surface area (Å²) in [4.78, 5) is 26.1. The number of hydrogen-bond acceptors (Lipinski definition) is 7. The Hall–Kier alpha value is -3.88. The Morgan fingerprint density at radius 3 is 2.79 bits per heavy atom. The highest BCUT2D eigenvalue weighted by molar-refractivity contribution is 7.91. The molecule has 1 aromatic carbocycles. The fourth-order valence-electron chi connectivity index (χ4n) is 5.66. The van der Waals surface area contributed by atoms with Gasteiger partial charge in [0.05, 0.1) is 30.9 Å². The highest BCUT2D eigenvalue weighted by atomic mass is 32.2. The normalized spacial score (nSPS) is 18.3. The molecule has 226 valence electrons. The summed E-state index contributed by atoms with van der Waals surface area (Å²) in [7, 11) is -3.60. The zero-order chi connectivity index (χ0) is 30.1. The third-order valence-electron chi connectivity index (χ3n) is 7.37. The second-order valence-corrected chi connectivity index (χ2v) is 12.9. The zero-order valence-corrected chi connectivity index (χ0v) is 23.7. The van der Waals surface area contributed by atoms with E-state index in [0.717, 1.165) is 23.8 Å². The van der Waals surface area contributed by atoms with Crippen molar-refractivity contribution in [3.05, 3.63) is 59.0 Å². The topological polar surface area (TPSA) is 137 Å². The molecule has 2 aliphatic rings. The molecule has 0 unspecified atom stereocenters. The zero-order valence-electron chi connectivity index (χ0n) is 22.9. The molecule has 11 nitrogen and oxygen atoms in total. The van der Waals surface area contributed by atoms with Gasteiger partial charge in [0.1, 0.15) is 17.1 Å². The SMILES string of the molecule is CS(=O)(=O)CC(=O)Nc1nn(CCn2cccn2)c2c1C(=O)N[C@@]1(CCCc3cc(OCCCC(F)(F)F)ccc31)C2. The molecule has 3 heterocycles. The first-order chi connectivity index (χ1) is 19.8. The van der Waals surface area contributed by atoms with Crippen LogP contribution in [-0.4, -0.2) is 64.6 Å². The summed E-state index contributed by atoms with van der Waals surface area (Å²) < 4.78 is 69.7. The summed E-state index contributed by atoms with van der Waals surface area (Å²) in [6.07, 6.45) is 1.55. The number of aryl methyl sites for hydroxylation is 3. The number of carbonyl (C=O) groups excluding carboxylic acids is 2. The van der Waals surface area contributed by atoms with Gasteiger partial charge in [0.2, 0.25) is 5.91 Å². The largest absolute Gasteiger partial charge is 0.494 e. The van der Waals surface area contributed by atoms with Crippen LogP contribution in [0.2, 0.25) is 0 Å². The van der Waals surface area contributed by atoms with Crippen LogP contribution in [0, 0.1) is 0 Å². The number of amides is 2. The Morgan fingerprint density at radius 2 is 2.07 bits per heavy atom. The predicted octanol–water partition coefficient (Wildman–Crippen LogP) is 3.00. The average molecular weight is 609 g/mol. The number of sulfone groups is 1. The number of hydrogen-bond donors (Lipinski definition) is 2. The minimum absolute atomic E-state index is 0.00916. The molecule has 2 N–H and O–H groups in total. The van der Waals surface area contributed by atoms with Crippen molar-refractivity contribution in [3.8, 4) is 5.75 Å². The fourth-order valence-corrected chi connectivity index (χ4v) is 6.21. The molecule has 42 heavy (non-hydrogen) atoms. The molecule has 0 fully saturated rings. The third-order valence-corrected chi connectivity index (χ3v) is 8.16. The van der Waals surface area contributed by atoms with Crippen molar-refractivity contribution in [1.82, 2.24) is 24.9 Å². The minimum Gasteiger partial charge on any atom is -0.494 e. The van der Waals surface area contributed by atoms with E-state index < -0.39 is 45.5 Å². The number of carbonyl (C=O) groups is 2. The van der Waals surface area contributed by atoms with Crippen LogP contribution >= 0.6 is 0 Å². The molecule has 3 aromatic rings. The van der Waals surface area contributed by atoms with E-state index >= 15 is 0 Å². The van der Waals surface area contributed by atoms with E-state index in [-0.39, 0.29) is 24.4 Å². The van der Waals surface area contributed by atoms with Crippen LogP contribution in [-0.2, 0) is 46.1 Å². The molecule has 0 saturated heterocycles. The smallest absolute Gasteiger partial charge is 0.389 e. The molecule has 0 saturated carbocycles. The van der Waals surface area contributed by atoms with Gasteiger partial charge in [-0.05, 0) is 55.0 Å². The Labute approximate surface area is 240 Å². The van der Waals surface area contributed by atoms with E-state index in [9.17, 15) is 31.2 Å². The van der Waals surface area contributed by atoms with Crippen molar-refractivity contribution in [3.63, 3.8) is 0 Å². The molecule has 5 rings (SSSR count). The average Bonchev–Trinajstić information content (AvgIpc) is 3.52. The van der Waals surface area contributed by atoms with E-state index in [1.807, 2.05) is 12.1 Å². The number of ether oxygens (including phenoxy) is 1. The summed E-state index contributed by atoms with van der Waals surface area (Å²) in [5.74, 6) is -1.53. The summed E-state index contributed by atoms with van der Waals surface area (Å²) in [6.45, 7) is 0.720. The Morgan fingerprint density at radius 1 is 1.26 bits per heavy atom. The van der Waals surface area contributed by atoms with Crippen molar-refractivity contribution in [2.45, 2.75) is 63.3 Å². The van der Waals surface area contributed by atoms with E-state index in [1.165, 1.54) is 0 Å². The van der Waals surface area contributed by atoms with Crippen LogP contribution in [0.1, 0.15) is 52.9 Å². The van der Waals surface area contributed by atoms with Gasteiger partial charge in [-0.1, -0.05) is 6.07 Å². The van der Waals surface area contributed by atoms with Crippen LogP contribution in [0.5, 0.6) is 5.75 Å². The minimum atomic E-state index is -4.23. The molecular weight excluding hydrogens is 577 g/mol. The lowest BCUT2D eigenvalue weighted by molar-refractivity contribution is -0.136. The highest BCUT2D eigenvalue weighted by Gasteiger charge is 2.45. The Balaban J connectivity index is 1.43. The number of rotatable bonds is 10. The second-order valence-electron chi connectivity index (χ2n) is 10.7. The molecule has 2 aromatic heterocycles. The van der Waals surface area contributed by atoms with Gasteiger partial charge in [0, 0.05) is 31.5 Å². The first-order valence-corrected chi connectivity index (χ1v) is 15.6. The van der Waals surface area contributed by atoms with Crippen molar-refractivity contribution in [1.29, 1.82) is 0 Å². The maximum absolute atomic E-state index is 13.7. The van der Waals surface area contributed by atoms with Crippen LogP contribution in [0.3, 0.4) is 0 Å². The predicted molar refractivity (Wildman–Crippen MR) is 146 cm³/mol. The molecule has 0 radical (unpaired) electrons. The lowest BCUT2D eigenvalue weighted by Crippen LogP contribution is -2.53. The van der Waals surface area contributed by atoms with Crippen LogP contribution in [0.4, 0.5) is 19.0 Å². The number of nitrogens with zero attached hydrogens (tertiary/aromatic N) is 4. The standard InChI is InChI=1S/C27H31F3N6O5S/c1-42(39,40)17-22(37)32-24-23-21(36(34-24)13-12-35-11-4-10-31-35)16-26(33-25(23)38)8-2-5-18-15-19(6-7-20(18)26)41-14-3-9-27(28,29)30/h4,6-7,10-11,15H,2-3,5,8-9,12-14,16-17H2,1H3,(H,33,38)(H,32,34,37)/t26-/m0/s1. The quantitative estimate of drug-likeness (QED) is 0.338. The number of benzene rings is 1. The number of nitrogens with one attached hydrogen (secondary N) is 2. The Kier molecular flexibility index (Phi) is 8.05. The molecule has 15 heteroatoms. The Bertz CT molecular complexity index is 1590. The maximum atomic E-state index is 13.7. The summed E-state index contributed by atoms with van der Waals surface area (Å²) in [5.41, 5.74) is 1.82. The third kappa shape index (κ3) is 6.77. The van der Waals surface area contributed by atoms with Gasteiger partial charge in [0.15, 0.2) is 15.7 Å². The molecule has 1 aliphatic carbocycles. The van der Waals surface area contributed by atoms with Gasteiger partial charge < -0.3 is 15.4 Å². The highest BCUT2D eigenvalue weighted by Crippen LogP contribution is 2.43. The van der Waals surface area contributed by atoms with E-state index in [0.29, 0.717) is 43.8 Å². The fraction of sp³-hybridized carbons (Fsp3) is 0.481. The lowest BCUT2D eigenvalue weighted by Gasteiger charge is -2.42. The van der Waals surface area contributed by atoms with E-state index in [1.54, 1.807) is 33.9 Å². The van der Waals surface area contributed by atoms with Crippen LogP contribution < -0.4 is 15.4 Å². The van der Waals surface area contributed by atoms with Gasteiger partial charge in [-0.3, -0.25) is 19.0 Å². The lowest BCUT2D eigenvalue weighted by atomic mass is 9.72. The summed E-state index contributed by atoms with van der Waals surface area (Å²) in [5, 5.41) is 14.3. The monoisotopic (exact) mass is 608 g/mol. The van der Waals surface area contributed by atoms with Gasteiger partial charge in [0.25, 0.3) is 5.91 Å². The molecule has 0 bridgehead atoms. The number of aromatic nitrogens is 4. The molecule has 2 amide bonds. The van der Waals surface area contributed by atoms with Crippen molar-refractivity contribution in [2.24, 2.45) is 0 Å². The first kappa shape index (κ1) is 29.6. The van der Waals surface area contributed by atoms with Gasteiger partial charge in [-0.2, -0.15) is 23.4 Å². The van der Waals surface area contributed by atoms with Crippen LogP contribution in [0.25, 0.3) is 0 Å². The first-order valence-electron chi connectivity index (χ1n) is 13.5. The molecule has 1 atom stereocenters. The van der Waals surface area contributed by atoms with E-state index in [4.69, 9.17) is 4.74 Å². The maximum Gasteiger partial charge on any atom is 0.389 e. The van der Waals surface area contributed by atoms with Crippen molar-refractivity contribution >= 4 is 27.5 Å². The summed E-state index contributed by atoms with van der Waals surface area (Å²) in [6, 6.07) is 7.15. The number of alkyl halides is 3. The van der Waals surface area contributed by atoms with E-state index in [2.05, 4.69) is 20.8 Å². The second kappa shape index (κ2) is 11.4. The molecule has 1 spiro atoms. The number of halogens is 3. The van der Waals surface area contributed by atoms with Crippen molar-refractivity contribution < 1.29 is 35.9 Å². The van der Waals surface area contributed by atoms with Gasteiger partial charge >= 0.3 is 6.18 Å². The molecule has 1 aliphatic heterocycles. The number of fused-ring (bicyclic) bond motifs is 3. The van der Waals surface area contributed by atoms with Gasteiger partial charge in [-0.15, -0.1) is 0 Å². The molecular formula is C27H31F3N6O5S. The van der Waals surface area contributed by atoms with Crippen LogP contribution in [0.15, 0.2) is 36.7 Å².